The second-order valence-electron chi connectivity index (χ2n) is 5.70. The van der Waals surface area contributed by atoms with Crippen molar-refractivity contribution >= 4 is 23.0 Å². The molecule has 25 heavy (non-hydrogen) atoms. The van der Waals surface area contributed by atoms with Crippen LogP contribution in [-0.4, -0.2) is 29.3 Å². The summed E-state index contributed by atoms with van der Waals surface area (Å²) in [6, 6.07) is 19.5. The number of rotatable bonds is 7. The molecule has 2 heterocycles. The zero-order chi connectivity index (χ0) is 16.9. The number of nitrogens with zero attached hydrogens (tertiary/aromatic N) is 2. The molecule has 6 nitrogen and oxygen atoms in total. The van der Waals surface area contributed by atoms with Crippen LogP contribution in [0.2, 0.25) is 0 Å². The maximum Gasteiger partial charge on any atom is 0.135 e. The van der Waals surface area contributed by atoms with E-state index in [-0.39, 0.29) is 6.10 Å². The summed E-state index contributed by atoms with van der Waals surface area (Å²) in [6.45, 7) is 1.40. The summed E-state index contributed by atoms with van der Waals surface area (Å²) in [7, 11) is 0. The van der Waals surface area contributed by atoms with Crippen LogP contribution in [0.3, 0.4) is 0 Å². The van der Waals surface area contributed by atoms with Crippen molar-refractivity contribution in [1.82, 2.24) is 9.97 Å². The van der Waals surface area contributed by atoms with Gasteiger partial charge < -0.3 is 20.1 Å². The number of hydrogen-bond donors (Lipinski definition) is 2. The van der Waals surface area contributed by atoms with Gasteiger partial charge in [0.05, 0.1) is 6.61 Å². The lowest BCUT2D eigenvalue weighted by atomic mass is 10.3. The van der Waals surface area contributed by atoms with Crippen LogP contribution in [0.1, 0.15) is 0 Å². The highest BCUT2D eigenvalue weighted by atomic mass is 16.6. The number of hydrogen-bond acceptors (Lipinski definition) is 6. The Labute approximate surface area is 145 Å². The van der Waals surface area contributed by atoms with Crippen molar-refractivity contribution in [2.75, 3.05) is 23.8 Å². The molecule has 1 aliphatic heterocycles. The Morgan fingerprint density at radius 1 is 0.920 bits per heavy atom. The molecule has 126 valence electrons. The zero-order valence-electron chi connectivity index (χ0n) is 13.6. The van der Waals surface area contributed by atoms with Gasteiger partial charge in [0.1, 0.15) is 36.4 Å². The molecule has 6 heteroatoms. The highest BCUT2D eigenvalue weighted by Gasteiger charge is 2.22. The fourth-order valence-corrected chi connectivity index (χ4v) is 2.30. The molecule has 1 unspecified atom stereocenters. The van der Waals surface area contributed by atoms with Gasteiger partial charge in [0, 0.05) is 17.4 Å². The molecule has 1 saturated heterocycles. The highest BCUT2D eigenvalue weighted by Crippen LogP contribution is 2.22. The van der Waals surface area contributed by atoms with E-state index < -0.39 is 0 Å². The number of nitrogens with one attached hydrogen (secondary N) is 2. The molecule has 2 aromatic carbocycles. The number of aromatic nitrogens is 2. The van der Waals surface area contributed by atoms with E-state index in [0.29, 0.717) is 12.4 Å². The fourth-order valence-electron chi connectivity index (χ4n) is 2.30. The van der Waals surface area contributed by atoms with Crippen molar-refractivity contribution in [3.8, 4) is 5.75 Å². The lowest BCUT2D eigenvalue weighted by Crippen LogP contribution is -2.04. The lowest BCUT2D eigenvalue weighted by molar-refractivity contribution is 0.263. The Hall–Kier alpha value is -3.12. The van der Waals surface area contributed by atoms with E-state index in [9.17, 15) is 0 Å². The molecule has 1 atom stereocenters. The first-order valence-electron chi connectivity index (χ1n) is 8.11. The molecule has 2 N–H and O–H groups in total. The number of ether oxygens (including phenoxy) is 2. The fraction of sp³-hybridized carbons (Fsp3) is 0.158. The van der Waals surface area contributed by atoms with E-state index in [4.69, 9.17) is 9.47 Å². The predicted octanol–water partition coefficient (Wildman–Crippen LogP) is 3.74. The van der Waals surface area contributed by atoms with E-state index in [2.05, 4.69) is 20.6 Å². The maximum absolute atomic E-state index is 5.63. The molecule has 1 aliphatic rings. The second-order valence-corrected chi connectivity index (χ2v) is 5.70. The van der Waals surface area contributed by atoms with Gasteiger partial charge in [-0.2, -0.15) is 0 Å². The summed E-state index contributed by atoms with van der Waals surface area (Å²) in [5.41, 5.74) is 1.91. The summed E-state index contributed by atoms with van der Waals surface area (Å²) < 4.78 is 10.8. The first kappa shape index (κ1) is 15.4. The van der Waals surface area contributed by atoms with E-state index in [1.807, 2.05) is 60.7 Å². The smallest absolute Gasteiger partial charge is 0.135 e. The van der Waals surface area contributed by atoms with Crippen LogP contribution in [0.4, 0.5) is 23.0 Å². The molecule has 1 fully saturated rings. The molecule has 0 saturated carbocycles. The van der Waals surface area contributed by atoms with E-state index in [1.54, 1.807) is 0 Å². The van der Waals surface area contributed by atoms with Crippen LogP contribution in [0.25, 0.3) is 0 Å². The molecule has 0 aliphatic carbocycles. The molecule has 0 radical (unpaired) electrons. The molecular formula is C19H18N4O2. The van der Waals surface area contributed by atoms with Crippen LogP contribution in [0.5, 0.6) is 5.75 Å². The van der Waals surface area contributed by atoms with Gasteiger partial charge in [0.25, 0.3) is 0 Å². The molecule has 4 rings (SSSR count). The number of epoxide rings is 1. The van der Waals surface area contributed by atoms with Gasteiger partial charge in [-0.05, 0) is 36.4 Å². The zero-order valence-corrected chi connectivity index (χ0v) is 13.6. The number of benzene rings is 2. The van der Waals surface area contributed by atoms with Gasteiger partial charge in [-0.15, -0.1) is 0 Å². The first-order valence-corrected chi connectivity index (χ1v) is 8.11. The molecule has 0 spiro atoms. The Morgan fingerprint density at radius 2 is 1.56 bits per heavy atom. The van der Waals surface area contributed by atoms with Crippen LogP contribution in [-0.2, 0) is 4.74 Å². The largest absolute Gasteiger partial charge is 0.491 e. The lowest BCUT2D eigenvalue weighted by Gasteiger charge is -2.09. The van der Waals surface area contributed by atoms with Crippen molar-refractivity contribution in [1.29, 1.82) is 0 Å². The molecule has 0 amide bonds. The van der Waals surface area contributed by atoms with Crippen molar-refractivity contribution < 1.29 is 9.47 Å². The minimum atomic E-state index is 0.259. The number of para-hydroxylation sites is 1. The Balaban J connectivity index is 1.39. The van der Waals surface area contributed by atoms with Gasteiger partial charge >= 0.3 is 0 Å². The predicted molar refractivity (Wildman–Crippen MR) is 96.7 cm³/mol. The van der Waals surface area contributed by atoms with Gasteiger partial charge in [-0.25, -0.2) is 9.97 Å². The van der Waals surface area contributed by atoms with E-state index in [0.717, 1.165) is 29.5 Å². The van der Waals surface area contributed by atoms with E-state index >= 15 is 0 Å². The summed E-state index contributed by atoms with van der Waals surface area (Å²) in [5.74, 6) is 2.27. The van der Waals surface area contributed by atoms with Gasteiger partial charge in [-0.3, -0.25) is 0 Å². The van der Waals surface area contributed by atoms with Crippen molar-refractivity contribution in [3.05, 3.63) is 67.0 Å². The van der Waals surface area contributed by atoms with Crippen LogP contribution < -0.4 is 15.4 Å². The van der Waals surface area contributed by atoms with Crippen molar-refractivity contribution in [2.45, 2.75) is 6.10 Å². The quantitative estimate of drug-likeness (QED) is 0.641. The van der Waals surface area contributed by atoms with Crippen LogP contribution in [0, 0.1) is 0 Å². The topological polar surface area (TPSA) is 71.6 Å². The minimum Gasteiger partial charge on any atom is -0.491 e. The minimum absolute atomic E-state index is 0.259. The third-order valence-electron chi connectivity index (χ3n) is 3.68. The maximum atomic E-state index is 5.63. The third-order valence-corrected chi connectivity index (χ3v) is 3.68. The average molecular weight is 334 g/mol. The molecule has 0 bridgehead atoms. The summed E-state index contributed by atoms with van der Waals surface area (Å²) in [6.07, 6.45) is 1.79. The SMILES string of the molecule is c1ccc(Nc2cc(Nc3ccc(OCC4CO4)cc3)ncn2)cc1. The molecule has 1 aromatic heterocycles. The van der Waals surface area contributed by atoms with Gasteiger partial charge in [0.2, 0.25) is 0 Å². The standard InChI is InChI=1S/C19H18N4O2/c1-2-4-14(5-3-1)22-18-10-19(21-13-20-18)23-15-6-8-16(9-7-15)24-11-17-12-25-17/h1-10,13,17H,11-12H2,(H2,20,21,22,23). The first-order chi connectivity index (χ1) is 12.3. The molecule has 3 aromatic rings. The van der Waals surface area contributed by atoms with Crippen molar-refractivity contribution in [2.24, 2.45) is 0 Å². The Kier molecular flexibility index (Phi) is 4.43. The monoisotopic (exact) mass is 334 g/mol. The molecular weight excluding hydrogens is 316 g/mol. The van der Waals surface area contributed by atoms with Gasteiger partial charge in [-0.1, -0.05) is 18.2 Å². The summed E-state index contributed by atoms with van der Waals surface area (Å²) in [4.78, 5) is 8.50. The number of anilines is 4. The van der Waals surface area contributed by atoms with Crippen LogP contribution in [0.15, 0.2) is 67.0 Å². The van der Waals surface area contributed by atoms with E-state index in [1.165, 1.54) is 6.33 Å². The highest BCUT2D eigenvalue weighted by molar-refractivity contribution is 5.63. The Bertz CT molecular complexity index is 820. The Morgan fingerprint density at radius 3 is 2.20 bits per heavy atom. The van der Waals surface area contributed by atoms with Gasteiger partial charge in [0.15, 0.2) is 0 Å². The summed E-state index contributed by atoms with van der Waals surface area (Å²) in [5, 5.41) is 6.51. The average Bonchev–Trinajstić information content (AvgIpc) is 3.47. The second kappa shape index (κ2) is 7.19. The summed E-state index contributed by atoms with van der Waals surface area (Å²) >= 11 is 0. The normalized spacial score (nSPS) is 15.4. The van der Waals surface area contributed by atoms with Crippen molar-refractivity contribution in [3.63, 3.8) is 0 Å². The third kappa shape index (κ3) is 4.45. The van der Waals surface area contributed by atoms with Crippen LogP contribution >= 0.6 is 0 Å².